The molecule has 1 aliphatic heterocycles. The summed E-state index contributed by atoms with van der Waals surface area (Å²) in [6.45, 7) is 1.68. The fourth-order valence-corrected chi connectivity index (χ4v) is 4.31. The Hall–Kier alpha value is -3.96. The molecule has 7 nitrogen and oxygen atoms in total. The van der Waals surface area contributed by atoms with E-state index in [1.54, 1.807) is 60.8 Å². The lowest BCUT2D eigenvalue weighted by atomic mass is 9.97. The Kier molecular flexibility index (Phi) is 5.28. The highest BCUT2D eigenvalue weighted by atomic mass is 32.1. The van der Waals surface area contributed by atoms with Gasteiger partial charge in [-0.2, -0.15) is 5.26 Å². The Labute approximate surface area is 182 Å². The van der Waals surface area contributed by atoms with Gasteiger partial charge < -0.3 is 10.5 Å². The molecule has 0 radical (unpaired) electrons. The first-order chi connectivity index (χ1) is 14.9. The van der Waals surface area contributed by atoms with Crippen LogP contribution in [0.5, 0.6) is 5.75 Å². The molecule has 3 aromatic rings. The highest BCUT2D eigenvalue weighted by Crippen LogP contribution is 2.36. The van der Waals surface area contributed by atoms with Crippen LogP contribution in [0, 0.1) is 11.3 Å². The maximum absolute atomic E-state index is 13.2. The topological polar surface area (TPSA) is 113 Å². The predicted octanol–water partition coefficient (Wildman–Crippen LogP) is 3.60. The number of nitriles is 1. The van der Waals surface area contributed by atoms with E-state index in [4.69, 9.17) is 15.7 Å². The predicted molar refractivity (Wildman–Crippen MR) is 115 cm³/mol. The van der Waals surface area contributed by atoms with Crippen LogP contribution in [-0.2, 0) is 6.54 Å². The molecule has 4 rings (SSSR count). The number of fused-ring (bicyclic) bond motifs is 1. The Morgan fingerprint density at radius 2 is 1.87 bits per heavy atom. The molecule has 154 valence electrons. The monoisotopic (exact) mass is 431 g/mol. The number of nitrogens with zero attached hydrogens (tertiary/aromatic N) is 2. The molecule has 1 aliphatic rings. The molecule has 0 aliphatic carbocycles. The smallest absolute Gasteiger partial charge is 0.262 e. The summed E-state index contributed by atoms with van der Waals surface area (Å²) in [7, 11) is 0. The molecule has 1 aromatic heterocycles. The van der Waals surface area contributed by atoms with Crippen molar-refractivity contribution in [3.05, 3.63) is 75.5 Å². The fourth-order valence-electron chi connectivity index (χ4n) is 3.54. The molecule has 2 aromatic carbocycles. The van der Waals surface area contributed by atoms with Crippen molar-refractivity contribution in [3.8, 4) is 22.9 Å². The van der Waals surface area contributed by atoms with Crippen LogP contribution in [0.1, 0.15) is 42.9 Å². The van der Waals surface area contributed by atoms with E-state index in [-0.39, 0.29) is 17.7 Å². The number of nitrogens with two attached hydrogens (primary N) is 1. The van der Waals surface area contributed by atoms with Crippen molar-refractivity contribution >= 4 is 29.1 Å². The van der Waals surface area contributed by atoms with Crippen LogP contribution in [-0.4, -0.2) is 28.7 Å². The lowest BCUT2D eigenvalue weighted by Gasteiger charge is -2.15. The zero-order chi connectivity index (χ0) is 22.1. The zero-order valence-electron chi connectivity index (χ0n) is 16.5. The standard InChI is InChI=1S/C23H17N3O4S/c1-13(11-24)30-15-5-2-4-14(10-15)12-26-22(28)18-7-3-6-16(19(18)23(26)29)17-8-9-31-20(17)21(25)27/h2-10,13H,12H2,1H3,(H2,25,27). The molecule has 0 saturated carbocycles. The van der Waals surface area contributed by atoms with Crippen LogP contribution in [0.2, 0.25) is 0 Å². The van der Waals surface area contributed by atoms with Crippen molar-refractivity contribution in [2.75, 3.05) is 0 Å². The van der Waals surface area contributed by atoms with Crippen molar-refractivity contribution in [1.82, 2.24) is 4.90 Å². The van der Waals surface area contributed by atoms with Gasteiger partial charge in [0, 0.05) is 5.56 Å². The van der Waals surface area contributed by atoms with Crippen LogP contribution in [0.4, 0.5) is 0 Å². The summed E-state index contributed by atoms with van der Waals surface area (Å²) in [4.78, 5) is 39.5. The van der Waals surface area contributed by atoms with E-state index in [2.05, 4.69) is 0 Å². The van der Waals surface area contributed by atoms with Crippen molar-refractivity contribution in [2.45, 2.75) is 19.6 Å². The number of carbonyl (C=O) groups excluding carboxylic acids is 3. The Morgan fingerprint density at radius 1 is 1.13 bits per heavy atom. The van der Waals surface area contributed by atoms with Gasteiger partial charge in [-0.1, -0.05) is 24.3 Å². The first kappa shape index (κ1) is 20.3. The number of amides is 3. The van der Waals surface area contributed by atoms with Gasteiger partial charge in [0.2, 0.25) is 0 Å². The molecule has 0 bridgehead atoms. The lowest BCUT2D eigenvalue weighted by Crippen LogP contribution is -2.29. The molecule has 1 atom stereocenters. The number of rotatable bonds is 6. The number of primary amides is 1. The third-order valence-electron chi connectivity index (χ3n) is 4.91. The van der Waals surface area contributed by atoms with Gasteiger partial charge in [-0.25, -0.2) is 0 Å². The van der Waals surface area contributed by atoms with E-state index in [9.17, 15) is 14.4 Å². The first-order valence-corrected chi connectivity index (χ1v) is 10.3. The summed E-state index contributed by atoms with van der Waals surface area (Å²) in [5.74, 6) is -0.948. The number of ether oxygens (including phenoxy) is 1. The third kappa shape index (κ3) is 3.67. The van der Waals surface area contributed by atoms with E-state index in [1.165, 1.54) is 11.3 Å². The molecule has 2 N–H and O–H groups in total. The number of hydrogen-bond acceptors (Lipinski definition) is 6. The summed E-state index contributed by atoms with van der Waals surface area (Å²) in [5.41, 5.74) is 7.75. The van der Waals surface area contributed by atoms with E-state index in [0.29, 0.717) is 27.3 Å². The second kappa shape index (κ2) is 8.05. The minimum atomic E-state index is -0.623. The number of carbonyl (C=O) groups is 3. The molecule has 3 amide bonds. The summed E-state index contributed by atoms with van der Waals surface area (Å²) >= 11 is 1.19. The van der Waals surface area contributed by atoms with Gasteiger partial charge in [0.15, 0.2) is 6.10 Å². The van der Waals surface area contributed by atoms with E-state index in [0.717, 1.165) is 4.90 Å². The van der Waals surface area contributed by atoms with E-state index < -0.39 is 23.8 Å². The summed E-state index contributed by atoms with van der Waals surface area (Å²) in [5, 5.41) is 10.6. The van der Waals surface area contributed by atoms with Crippen LogP contribution in [0.25, 0.3) is 11.1 Å². The average Bonchev–Trinajstić information content (AvgIpc) is 3.34. The minimum Gasteiger partial charge on any atom is -0.476 e. The van der Waals surface area contributed by atoms with Gasteiger partial charge in [-0.15, -0.1) is 11.3 Å². The van der Waals surface area contributed by atoms with Crippen LogP contribution in [0.3, 0.4) is 0 Å². The number of thiophene rings is 1. The summed E-state index contributed by atoms with van der Waals surface area (Å²) in [6, 6.07) is 15.6. The normalized spacial score (nSPS) is 13.6. The molecule has 0 saturated heterocycles. The van der Waals surface area contributed by atoms with Gasteiger partial charge in [0.05, 0.1) is 22.5 Å². The Morgan fingerprint density at radius 3 is 2.61 bits per heavy atom. The fraction of sp³-hybridized carbons (Fsp3) is 0.130. The average molecular weight is 431 g/mol. The van der Waals surface area contributed by atoms with Crippen molar-refractivity contribution in [1.29, 1.82) is 5.26 Å². The highest BCUT2D eigenvalue weighted by molar-refractivity contribution is 7.12. The Balaban J connectivity index is 1.67. The quantitative estimate of drug-likeness (QED) is 0.599. The van der Waals surface area contributed by atoms with Crippen molar-refractivity contribution < 1.29 is 19.1 Å². The third-order valence-corrected chi connectivity index (χ3v) is 5.84. The maximum Gasteiger partial charge on any atom is 0.262 e. The minimum absolute atomic E-state index is 0.0518. The van der Waals surface area contributed by atoms with Gasteiger partial charge >= 0.3 is 0 Å². The maximum atomic E-state index is 13.2. The first-order valence-electron chi connectivity index (χ1n) is 9.42. The zero-order valence-corrected chi connectivity index (χ0v) is 17.3. The van der Waals surface area contributed by atoms with Gasteiger partial charge in [-0.3, -0.25) is 19.3 Å². The molecular weight excluding hydrogens is 414 g/mol. The second-order valence-electron chi connectivity index (χ2n) is 6.99. The molecule has 8 heteroatoms. The van der Waals surface area contributed by atoms with E-state index >= 15 is 0 Å². The second-order valence-corrected chi connectivity index (χ2v) is 7.90. The summed E-state index contributed by atoms with van der Waals surface area (Å²) < 4.78 is 5.50. The number of hydrogen-bond donors (Lipinski definition) is 1. The molecule has 31 heavy (non-hydrogen) atoms. The molecule has 0 spiro atoms. The SMILES string of the molecule is CC(C#N)Oc1cccc(CN2C(=O)c3cccc(-c4ccsc4C(N)=O)c3C2=O)c1. The van der Waals surface area contributed by atoms with Gasteiger partial charge in [-0.05, 0) is 47.7 Å². The Bertz CT molecular complexity index is 1260. The largest absolute Gasteiger partial charge is 0.476 e. The van der Waals surface area contributed by atoms with Crippen LogP contribution in [0.15, 0.2) is 53.9 Å². The number of benzene rings is 2. The number of imide groups is 1. The van der Waals surface area contributed by atoms with Crippen molar-refractivity contribution in [2.24, 2.45) is 5.73 Å². The molecule has 2 heterocycles. The van der Waals surface area contributed by atoms with Crippen molar-refractivity contribution in [3.63, 3.8) is 0 Å². The highest BCUT2D eigenvalue weighted by Gasteiger charge is 2.38. The van der Waals surface area contributed by atoms with E-state index in [1.807, 2.05) is 6.07 Å². The van der Waals surface area contributed by atoms with Gasteiger partial charge in [0.1, 0.15) is 11.8 Å². The molecule has 0 fully saturated rings. The molecular formula is C23H17N3O4S. The van der Waals surface area contributed by atoms with Crippen LogP contribution >= 0.6 is 11.3 Å². The van der Waals surface area contributed by atoms with Crippen LogP contribution < -0.4 is 10.5 Å². The summed E-state index contributed by atoms with van der Waals surface area (Å²) in [6.07, 6.45) is -0.623. The van der Waals surface area contributed by atoms with Gasteiger partial charge in [0.25, 0.3) is 17.7 Å². The molecule has 1 unspecified atom stereocenters. The lowest BCUT2D eigenvalue weighted by molar-refractivity contribution is 0.0642.